The zero-order valence-corrected chi connectivity index (χ0v) is 8.75. The Morgan fingerprint density at radius 2 is 1.76 bits per heavy atom. The van der Waals surface area contributed by atoms with Crippen LogP contribution in [0.1, 0.15) is 0 Å². The minimum Gasteiger partial charge on any atom is -0.457 e. The summed E-state index contributed by atoms with van der Waals surface area (Å²) in [7, 11) is 0. The highest BCUT2D eigenvalue weighted by Gasteiger charge is 2.02. The maximum Gasteiger partial charge on any atom is 0.137 e. The normalized spacial score (nSPS) is 9.47. The van der Waals surface area contributed by atoms with Gasteiger partial charge in [-0.25, -0.2) is 4.39 Å². The SMILES string of the molecule is [N-]=[N+]=Nc1ccccc1Oc1ccc(F)cc1. The molecule has 0 heterocycles. The van der Waals surface area contributed by atoms with Gasteiger partial charge >= 0.3 is 0 Å². The highest BCUT2D eigenvalue weighted by atomic mass is 19.1. The van der Waals surface area contributed by atoms with Gasteiger partial charge in [0.05, 0.1) is 5.69 Å². The second kappa shape index (κ2) is 5.01. The molecule has 0 fully saturated rings. The molecule has 2 aromatic rings. The minimum absolute atomic E-state index is 0.333. The summed E-state index contributed by atoms with van der Waals surface area (Å²) in [6.45, 7) is 0. The van der Waals surface area contributed by atoms with E-state index >= 15 is 0 Å². The Bertz CT molecular complexity index is 562. The molecule has 0 radical (unpaired) electrons. The second-order valence-electron chi connectivity index (χ2n) is 3.21. The van der Waals surface area contributed by atoms with Gasteiger partial charge in [0, 0.05) is 4.91 Å². The molecule has 17 heavy (non-hydrogen) atoms. The first-order valence-electron chi connectivity index (χ1n) is 4.87. The third-order valence-electron chi connectivity index (χ3n) is 2.06. The number of hydrogen-bond donors (Lipinski definition) is 0. The smallest absolute Gasteiger partial charge is 0.137 e. The summed E-state index contributed by atoms with van der Waals surface area (Å²) in [5.41, 5.74) is 8.79. The van der Waals surface area contributed by atoms with Crippen molar-refractivity contribution >= 4 is 5.69 Å². The van der Waals surface area contributed by atoms with E-state index in [1.165, 1.54) is 24.3 Å². The maximum atomic E-state index is 12.7. The molecule has 0 saturated carbocycles. The highest BCUT2D eigenvalue weighted by Crippen LogP contribution is 2.31. The van der Waals surface area contributed by atoms with E-state index in [-0.39, 0.29) is 5.82 Å². The highest BCUT2D eigenvalue weighted by molar-refractivity contribution is 5.52. The predicted molar refractivity (Wildman–Crippen MR) is 61.7 cm³/mol. The molecule has 2 aromatic carbocycles. The molecule has 0 aliphatic rings. The Balaban J connectivity index is 2.29. The van der Waals surface area contributed by atoms with E-state index in [4.69, 9.17) is 10.3 Å². The van der Waals surface area contributed by atoms with Crippen LogP contribution in [-0.2, 0) is 0 Å². The molecule has 0 aliphatic heterocycles. The van der Waals surface area contributed by atoms with E-state index in [9.17, 15) is 4.39 Å². The summed E-state index contributed by atoms with van der Waals surface area (Å²) >= 11 is 0. The summed E-state index contributed by atoms with van der Waals surface area (Å²) in [4.78, 5) is 2.71. The van der Waals surface area contributed by atoms with Gasteiger partial charge in [-0.05, 0) is 41.9 Å². The Hall–Kier alpha value is -2.52. The van der Waals surface area contributed by atoms with Crippen LogP contribution < -0.4 is 4.74 Å². The van der Waals surface area contributed by atoms with Gasteiger partial charge in [0.25, 0.3) is 0 Å². The van der Waals surface area contributed by atoms with Crippen molar-refractivity contribution < 1.29 is 9.13 Å². The number of halogens is 1. The Labute approximate surface area is 96.9 Å². The van der Waals surface area contributed by atoms with Crippen molar-refractivity contribution in [3.8, 4) is 11.5 Å². The summed E-state index contributed by atoms with van der Waals surface area (Å²) in [5, 5.41) is 3.50. The fraction of sp³-hybridized carbons (Fsp3) is 0. The van der Waals surface area contributed by atoms with Crippen LogP contribution in [0.2, 0.25) is 0 Å². The van der Waals surface area contributed by atoms with Crippen LogP contribution in [0.3, 0.4) is 0 Å². The monoisotopic (exact) mass is 229 g/mol. The van der Waals surface area contributed by atoms with E-state index in [2.05, 4.69) is 10.0 Å². The van der Waals surface area contributed by atoms with Gasteiger partial charge in [-0.1, -0.05) is 17.2 Å². The van der Waals surface area contributed by atoms with Gasteiger partial charge < -0.3 is 4.74 Å². The van der Waals surface area contributed by atoms with Crippen molar-refractivity contribution in [3.05, 3.63) is 64.8 Å². The largest absolute Gasteiger partial charge is 0.457 e. The molecule has 4 nitrogen and oxygen atoms in total. The summed E-state index contributed by atoms with van der Waals surface area (Å²) in [6, 6.07) is 12.4. The number of hydrogen-bond acceptors (Lipinski definition) is 2. The summed E-state index contributed by atoms with van der Waals surface area (Å²) < 4.78 is 18.2. The number of rotatable bonds is 3. The molecule has 0 spiro atoms. The molecule has 0 amide bonds. The number of ether oxygens (including phenoxy) is 1. The average molecular weight is 229 g/mol. The van der Waals surface area contributed by atoms with Crippen molar-refractivity contribution in [1.82, 2.24) is 0 Å². The van der Waals surface area contributed by atoms with Gasteiger partial charge in [0.1, 0.15) is 17.3 Å². The molecule has 0 aromatic heterocycles. The lowest BCUT2D eigenvalue weighted by Crippen LogP contribution is -1.84. The van der Waals surface area contributed by atoms with E-state index in [0.717, 1.165) is 0 Å². The minimum atomic E-state index is -0.333. The molecular weight excluding hydrogens is 221 g/mol. The van der Waals surface area contributed by atoms with Crippen LogP contribution >= 0.6 is 0 Å². The quantitative estimate of drug-likeness (QED) is 0.432. The third kappa shape index (κ3) is 2.74. The lowest BCUT2D eigenvalue weighted by Gasteiger charge is -2.07. The Morgan fingerprint density at radius 3 is 2.47 bits per heavy atom. The van der Waals surface area contributed by atoms with Crippen LogP contribution in [-0.4, -0.2) is 0 Å². The van der Waals surface area contributed by atoms with Gasteiger partial charge in [0.2, 0.25) is 0 Å². The lowest BCUT2D eigenvalue weighted by atomic mass is 10.3. The average Bonchev–Trinajstić information content (AvgIpc) is 2.35. The molecular formula is C12H8FN3O. The first kappa shape index (κ1) is 11.0. The Kier molecular flexibility index (Phi) is 3.23. The number of benzene rings is 2. The third-order valence-corrected chi connectivity index (χ3v) is 2.06. The van der Waals surface area contributed by atoms with E-state index < -0.39 is 0 Å². The molecule has 0 aliphatic carbocycles. The van der Waals surface area contributed by atoms with Gasteiger partial charge in [-0.3, -0.25) is 0 Å². The fourth-order valence-electron chi connectivity index (χ4n) is 1.30. The number of nitrogens with zero attached hydrogens (tertiary/aromatic N) is 3. The second-order valence-corrected chi connectivity index (χ2v) is 3.21. The molecule has 84 valence electrons. The van der Waals surface area contributed by atoms with Crippen LogP contribution in [0.5, 0.6) is 11.5 Å². The molecule has 2 rings (SSSR count). The van der Waals surface area contributed by atoms with Crippen LogP contribution in [0.15, 0.2) is 53.6 Å². The molecule has 5 heteroatoms. The predicted octanol–water partition coefficient (Wildman–Crippen LogP) is 4.56. The van der Waals surface area contributed by atoms with Crippen LogP contribution in [0.25, 0.3) is 10.4 Å². The van der Waals surface area contributed by atoms with E-state index in [1.807, 2.05) is 0 Å². The van der Waals surface area contributed by atoms with Crippen molar-refractivity contribution in [2.24, 2.45) is 5.11 Å². The van der Waals surface area contributed by atoms with E-state index in [0.29, 0.717) is 17.2 Å². The first-order chi connectivity index (χ1) is 8.29. The Morgan fingerprint density at radius 1 is 1.06 bits per heavy atom. The maximum absolute atomic E-state index is 12.7. The zero-order chi connectivity index (χ0) is 12.1. The van der Waals surface area contributed by atoms with Crippen LogP contribution in [0.4, 0.5) is 10.1 Å². The standard InChI is InChI=1S/C12H8FN3O/c13-9-5-7-10(8-6-9)17-12-4-2-1-3-11(12)15-16-14/h1-8H. The molecule has 0 saturated heterocycles. The van der Waals surface area contributed by atoms with Gasteiger partial charge in [0.15, 0.2) is 0 Å². The molecule has 0 unspecified atom stereocenters. The number of para-hydroxylation sites is 1. The first-order valence-corrected chi connectivity index (χ1v) is 4.87. The van der Waals surface area contributed by atoms with Crippen molar-refractivity contribution in [2.75, 3.05) is 0 Å². The lowest BCUT2D eigenvalue weighted by molar-refractivity contribution is 0.482. The molecule has 0 bridgehead atoms. The van der Waals surface area contributed by atoms with Crippen molar-refractivity contribution in [2.45, 2.75) is 0 Å². The summed E-state index contributed by atoms with van der Waals surface area (Å²) in [5.74, 6) is 0.574. The van der Waals surface area contributed by atoms with Gasteiger partial charge in [-0.15, -0.1) is 0 Å². The van der Waals surface area contributed by atoms with Crippen molar-refractivity contribution in [1.29, 1.82) is 0 Å². The topological polar surface area (TPSA) is 58.0 Å². The van der Waals surface area contributed by atoms with Crippen LogP contribution in [0, 0.1) is 5.82 Å². The summed E-state index contributed by atoms with van der Waals surface area (Å²) in [6.07, 6.45) is 0. The number of azide groups is 1. The molecule has 0 atom stereocenters. The van der Waals surface area contributed by atoms with E-state index in [1.54, 1.807) is 24.3 Å². The fourth-order valence-corrected chi connectivity index (χ4v) is 1.30. The zero-order valence-electron chi connectivity index (χ0n) is 8.75. The van der Waals surface area contributed by atoms with Gasteiger partial charge in [-0.2, -0.15) is 0 Å². The van der Waals surface area contributed by atoms with Crippen molar-refractivity contribution in [3.63, 3.8) is 0 Å². The molecule has 0 N–H and O–H groups in total.